The van der Waals surface area contributed by atoms with Crippen LogP contribution >= 0.6 is 11.6 Å². The van der Waals surface area contributed by atoms with E-state index in [1.54, 1.807) is 24.3 Å². The monoisotopic (exact) mass is 431 g/mol. The SMILES string of the molecule is O=[N+]([O-])c1c(Nc2cccc(Cl)c2)ncnc1NC(c1ccccc1)c1ccccc1. The minimum absolute atomic E-state index is 0.0737. The number of hydrogen-bond acceptors (Lipinski definition) is 6. The Labute approximate surface area is 183 Å². The predicted octanol–water partition coefficient (Wildman–Crippen LogP) is 5.98. The molecule has 0 saturated carbocycles. The quantitative estimate of drug-likeness (QED) is 0.276. The van der Waals surface area contributed by atoms with Crippen molar-refractivity contribution in [3.63, 3.8) is 0 Å². The highest BCUT2D eigenvalue weighted by molar-refractivity contribution is 6.30. The molecule has 1 aromatic heterocycles. The van der Waals surface area contributed by atoms with Crippen molar-refractivity contribution in [1.82, 2.24) is 9.97 Å². The fourth-order valence-electron chi connectivity index (χ4n) is 3.24. The average Bonchev–Trinajstić information content (AvgIpc) is 2.78. The fraction of sp³-hybridized carbons (Fsp3) is 0.0435. The van der Waals surface area contributed by atoms with Crippen LogP contribution in [0.4, 0.5) is 23.0 Å². The maximum absolute atomic E-state index is 12.0. The van der Waals surface area contributed by atoms with E-state index in [1.807, 2.05) is 60.7 Å². The topological polar surface area (TPSA) is 93.0 Å². The van der Waals surface area contributed by atoms with E-state index < -0.39 is 4.92 Å². The van der Waals surface area contributed by atoms with Gasteiger partial charge in [-0.2, -0.15) is 0 Å². The first kappa shape index (κ1) is 20.3. The summed E-state index contributed by atoms with van der Waals surface area (Å²) >= 11 is 6.03. The number of anilines is 3. The summed E-state index contributed by atoms with van der Waals surface area (Å²) in [5.74, 6) is 0.187. The van der Waals surface area contributed by atoms with Gasteiger partial charge in [0.15, 0.2) is 0 Å². The standard InChI is InChI=1S/C23H18ClN5O2/c24-18-12-7-13-19(14-18)27-22-21(29(30)31)23(26-15-25-22)28-20(16-8-3-1-4-9-16)17-10-5-2-6-11-17/h1-15,20H,(H2,25,26,27,28). The fourth-order valence-corrected chi connectivity index (χ4v) is 3.43. The van der Waals surface area contributed by atoms with E-state index in [4.69, 9.17) is 11.6 Å². The maximum Gasteiger partial charge on any atom is 0.353 e. The van der Waals surface area contributed by atoms with Crippen molar-refractivity contribution in [1.29, 1.82) is 0 Å². The molecule has 4 aromatic rings. The summed E-state index contributed by atoms with van der Waals surface area (Å²) in [6.07, 6.45) is 1.29. The number of halogens is 1. The van der Waals surface area contributed by atoms with Gasteiger partial charge in [0.25, 0.3) is 0 Å². The van der Waals surface area contributed by atoms with E-state index in [-0.39, 0.29) is 23.4 Å². The molecule has 154 valence electrons. The first-order valence-electron chi connectivity index (χ1n) is 9.50. The van der Waals surface area contributed by atoms with Crippen molar-refractivity contribution in [2.24, 2.45) is 0 Å². The Bertz CT molecular complexity index is 1150. The molecule has 0 aliphatic carbocycles. The number of hydrogen-bond donors (Lipinski definition) is 2. The Morgan fingerprint density at radius 1 is 0.839 bits per heavy atom. The van der Waals surface area contributed by atoms with Gasteiger partial charge in [-0.3, -0.25) is 10.1 Å². The minimum atomic E-state index is -0.498. The molecule has 0 radical (unpaired) electrons. The second-order valence-corrected chi connectivity index (χ2v) is 7.15. The van der Waals surface area contributed by atoms with Gasteiger partial charge in [0.1, 0.15) is 6.33 Å². The lowest BCUT2D eigenvalue weighted by atomic mass is 9.99. The molecule has 0 aliphatic heterocycles. The first-order valence-corrected chi connectivity index (χ1v) is 9.88. The van der Waals surface area contributed by atoms with E-state index in [1.165, 1.54) is 6.33 Å². The third-order valence-electron chi connectivity index (χ3n) is 4.64. The molecule has 0 spiro atoms. The molecule has 2 N–H and O–H groups in total. The number of nitro groups is 1. The van der Waals surface area contributed by atoms with E-state index in [2.05, 4.69) is 20.6 Å². The van der Waals surface area contributed by atoms with Gasteiger partial charge in [-0.1, -0.05) is 78.3 Å². The van der Waals surface area contributed by atoms with E-state index in [0.29, 0.717) is 10.7 Å². The van der Waals surface area contributed by atoms with Gasteiger partial charge in [0, 0.05) is 10.7 Å². The Balaban J connectivity index is 1.75. The van der Waals surface area contributed by atoms with Crippen molar-refractivity contribution in [2.45, 2.75) is 6.04 Å². The molecule has 1 heterocycles. The molecule has 4 rings (SSSR count). The number of aromatic nitrogens is 2. The largest absolute Gasteiger partial charge is 0.353 e. The number of nitrogens with one attached hydrogen (secondary N) is 2. The summed E-state index contributed by atoms with van der Waals surface area (Å²) in [7, 11) is 0. The van der Waals surface area contributed by atoms with E-state index in [9.17, 15) is 10.1 Å². The number of benzene rings is 3. The highest BCUT2D eigenvalue weighted by atomic mass is 35.5. The predicted molar refractivity (Wildman–Crippen MR) is 122 cm³/mol. The molecule has 7 nitrogen and oxygen atoms in total. The molecule has 0 bridgehead atoms. The van der Waals surface area contributed by atoms with Crippen molar-refractivity contribution in [3.8, 4) is 0 Å². The summed E-state index contributed by atoms with van der Waals surface area (Å²) < 4.78 is 0. The molecule has 8 heteroatoms. The van der Waals surface area contributed by atoms with Crippen molar-refractivity contribution < 1.29 is 4.92 Å². The number of nitrogens with zero attached hydrogens (tertiary/aromatic N) is 3. The number of rotatable bonds is 7. The van der Waals surface area contributed by atoms with Gasteiger partial charge in [-0.15, -0.1) is 0 Å². The normalized spacial score (nSPS) is 10.6. The van der Waals surface area contributed by atoms with Gasteiger partial charge in [0.05, 0.1) is 11.0 Å². The van der Waals surface area contributed by atoms with Gasteiger partial charge >= 0.3 is 5.69 Å². The van der Waals surface area contributed by atoms with Gasteiger partial charge in [-0.25, -0.2) is 9.97 Å². The van der Waals surface area contributed by atoms with Crippen LogP contribution in [0.3, 0.4) is 0 Å². The average molecular weight is 432 g/mol. The second kappa shape index (κ2) is 9.23. The second-order valence-electron chi connectivity index (χ2n) is 6.71. The van der Waals surface area contributed by atoms with Crippen LogP contribution in [0.15, 0.2) is 91.3 Å². The Morgan fingerprint density at radius 3 is 2.03 bits per heavy atom. The third-order valence-corrected chi connectivity index (χ3v) is 4.87. The van der Waals surface area contributed by atoms with Crippen LogP contribution in [-0.2, 0) is 0 Å². The Hall–Kier alpha value is -3.97. The molecule has 3 aromatic carbocycles. The molecular formula is C23H18ClN5O2. The van der Waals surface area contributed by atoms with E-state index in [0.717, 1.165) is 11.1 Å². The van der Waals surface area contributed by atoms with E-state index >= 15 is 0 Å². The van der Waals surface area contributed by atoms with Crippen molar-refractivity contribution >= 4 is 34.6 Å². The molecule has 0 unspecified atom stereocenters. The van der Waals surface area contributed by atoms with Crippen LogP contribution in [0.1, 0.15) is 17.2 Å². The van der Waals surface area contributed by atoms with Crippen molar-refractivity contribution in [3.05, 3.63) is 118 Å². The summed E-state index contributed by atoms with van der Waals surface area (Å²) in [6, 6.07) is 25.9. The summed E-state index contributed by atoms with van der Waals surface area (Å²) in [4.78, 5) is 19.7. The Kier molecular flexibility index (Phi) is 6.05. The van der Waals surface area contributed by atoms with Crippen LogP contribution in [0.25, 0.3) is 0 Å². The molecule has 0 saturated heterocycles. The zero-order chi connectivity index (χ0) is 21.6. The van der Waals surface area contributed by atoms with Crippen LogP contribution in [0.2, 0.25) is 5.02 Å². The lowest BCUT2D eigenvalue weighted by molar-refractivity contribution is -0.383. The third kappa shape index (κ3) is 4.79. The molecule has 0 fully saturated rings. The van der Waals surface area contributed by atoms with Crippen LogP contribution < -0.4 is 10.6 Å². The summed E-state index contributed by atoms with van der Waals surface area (Å²) in [6.45, 7) is 0. The summed E-state index contributed by atoms with van der Waals surface area (Å²) in [5, 5.41) is 18.7. The van der Waals surface area contributed by atoms with Crippen LogP contribution in [0, 0.1) is 10.1 Å². The first-order chi connectivity index (χ1) is 15.1. The highest BCUT2D eigenvalue weighted by Gasteiger charge is 2.26. The lowest BCUT2D eigenvalue weighted by Gasteiger charge is -2.20. The smallest absolute Gasteiger partial charge is 0.353 e. The summed E-state index contributed by atoms with van der Waals surface area (Å²) in [5.41, 5.74) is 2.24. The maximum atomic E-state index is 12.0. The zero-order valence-corrected chi connectivity index (χ0v) is 17.0. The highest BCUT2D eigenvalue weighted by Crippen LogP contribution is 2.35. The molecule has 0 atom stereocenters. The van der Waals surface area contributed by atoms with Gasteiger partial charge < -0.3 is 10.6 Å². The zero-order valence-electron chi connectivity index (χ0n) is 16.3. The minimum Gasteiger partial charge on any atom is -0.353 e. The lowest BCUT2D eigenvalue weighted by Crippen LogP contribution is -2.15. The van der Waals surface area contributed by atoms with Gasteiger partial charge in [0.2, 0.25) is 11.6 Å². The molecule has 31 heavy (non-hydrogen) atoms. The van der Waals surface area contributed by atoms with Crippen LogP contribution in [0.5, 0.6) is 0 Å². The molecule has 0 amide bonds. The van der Waals surface area contributed by atoms with Gasteiger partial charge in [-0.05, 0) is 29.3 Å². The van der Waals surface area contributed by atoms with Crippen molar-refractivity contribution in [2.75, 3.05) is 10.6 Å². The Morgan fingerprint density at radius 2 is 1.45 bits per heavy atom. The molecule has 0 aliphatic rings. The van der Waals surface area contributed by atoms with Crippen LogP contribution in [-0.4, -0.2) is 14.9 Å². The molecular weight excluding hydrogens is 414 g/mol.